The SMILES string of the molecule is CNC1C(=O)N(Cc2cscn2)C2CCCC2CC1C. The normalized spacial score (nSPS) is 34.1. The van der Waals surface area contributed by atoms with Gasteiger partial charge in [-0.05, 0) is 38.1 Å². The van der Waals surface area contributed by atoms with E-state index >= 15 is 0 Å². The molecule has 4 unspecified atom stereocenters. The van der Waals surface area contributed by atoms with Gasteiger partial charge in [0.05, 0.1) is 23.8 Å². The monoisotopic (exact) mass is 293 g/mol. The minimum atomic E-state index is -0.0424. The van der Waals surface area contributed by atoms with Gasteiger partial charge in [-0.3, -0.25) is 4.79 Å². The Morgan fingerprint density at radius 3 is 3.05 bits per heavy atom. The van der Waals surface area contributed by atoms with Crippen molar-refractivity contribution in [2.45, 2.75) is 51.2 Å². The Morgan fingerprint density at radius 1 is 1.50 bits per heavy atom. The maximum absolute atomic E-state index is 12.9. The Bertz CT molecular complexity index is 462. The molecule has 1 aliphatic heterocycles. The molecular formula is C15H23N3OS. The van der Waals surface area contributed by atoms with Crippen molar-refractivity contribution in [3.05, 3.63) is 16.6 Å². The Hall–Kier alpha value is -0.940. The van der Waals surface area contributed by atoms with E-state index in [1.807, 2.05) is 12.6 Å². The minimum Gasteiger partial charge on any atom is -0.332 e. The van der Waals surface area contributed by atoms with Crippen LogP contribution in [0.25, 0.3) is 0 Å². The lowest BCUT2D eigenvalue weighted by Crippen LogP contribution is -2.49. The van der Waals surface area contributed by atoms with Gasteiger partial charge in [-0.2, -0.15) is 0 Å². The van der Waals surface area contributed by atoms with Crippen LogP contribution in [0.3, 0.4) is 0 Å². The summed E-state index contributed by atoms with van der Waals surface area (Å²) >= 11 is 1.60. The van der Waals surface area contributed by atoms with Crippen molar-refractivity contribution in [1.29, 1.82) is 0 Å². The molecular weight excluding hydrogens is 270 g/mol. The summed E-state index contributed by atoms with van der Waals surface area (Å²) < 4.78 is 0. The van der Waals surface area contributed by atoms with Crippen LogP contribution in [0.5, 0.6) is 0 Å². The van der Waals surface area contributed by atoms with Gasteiger partial charge in [-0.1, -0.05) is 13.3 Å². The zero-order valence-corrected chi connectivity index (χ0v) is 13.0. The number of carbonyl (C=O) groups is 1. The smallest absolute Gasteiger partial charge is 0.240 e. The van der Waals surface area contributed by atoms with E-state index < -0.39 is 0 Å². The molecule has 1 amide bonds. The number of fused-ring (bicyclic) bond motifs is 1. The lowest BCUT2D eigenvalue weighted by atomic mass is 9.90. The average Bonchev–Trinajstić information content (AvgIpc) is 3.06. The van der Waals surface area contributed by atoms with Gasteiger partial charge < -0.3 is 10.2 Å². The largest absolute Gasteiger partial charge is 0.332 e. The second kappa shape index (κ2) is 5.82. The molecule has 2 heterocycles. The number of amides is 1. The molecule has 2 fully saturated rings. The number of likely N-dealkylation sites (tertiary alicyclic amines) is 1. The van der Waals surface area contributed by atoms with Crippen molar-refractivity contribution in [1.82, 2.24) is 15.2 Å². The van der Waals surface area contributed by atoms with Crippen LogP contribution in [-0.4, -0.2) is 34.9 Å². The molecule has 5 heteroatoms. The molecule has 1 saturated carbocycles. The maximum Gasteiger partial charge on any atom is 0.240 e. The number of hydrogen-bond acceptors (Lipinski definition) is 4. The summed E-state index contributed by atoms with van der Waals surface area (Å²) in [6, 6.07) is 0.379. The number of nitrogens with one attached hydrogen (secondary N) is 1. The summed E-state index contributed by atoms with van der Waals surface area (Å²) in [7, 11) is 1.90. The molecule has 0 radical (unpaired) electrons. The predicted octanol–water partition coefficient (Wildman–Crippen LogP) is 2.27. The van der Waals surface area contributed by atoms with Gasteiger partial charge >= 0.3 is 0 Å². The highest BCUT2D eigenvalue weighted by atomic mass is 32.1. The second-order valence-corrected chi connectivity index (χ2v) is 6.90. The lowest BCUT2D eigenvalue weighted by molar-refractivity contribution is -0.136. The number of likely N-dealkylation sites (N-methyl/N-ethyl adjacent to an activating group) is 1. The third kappa shape index (κ3) is 2.49. The average molecular weight is 293 g/mol. The van der Waals surface area contributed by atoms with E-state index in [4.69, 9.17) is 0 Å². The van der Waals surface area contributed by atoms with Crippen LogP contribution in [0, 0.1) is 11.8 Å². The molecule has 110 valence electrons. The van der Waals surface area contributed by atoms with Gasteiger partial charge in [0.1, 0.15) is 0 Å². The van der Waals surface area contributed by atoms with Gasteiger partial charge in [0.2, 0.25) is 5.91 Å². The van der Waals surface area contributed by atoms with Crippen LogP contribution >= 0.6 is 11.3 Å². The molecule has 4 nitrogen and oxygen atoms in total. The summed E-state index contributed by atoms with van der Waals surface area (Å²) in [6.07, 6.45) is 4.85. The van der Waals surface area contributed by atoms with E-state index in [0.29, 0.717) is 24.4 Å². The van der Waals surface area contributed by atoms with Crippen molar-refractivity contribution in [2.24, 2.45) is 11.8 Å². The van der Waals surface area contributed by atoms with Crippen LogP contribution < -0.4 is 5.32 Å². The minimum absolute atomic E-state index is 0.0424. The fourth-order valence-corrected chi connectivity index (χ4v) is 4.54. The molecule has 0 aromatic carbocycles. The first-order valence-corrected chi connectivity index (χ1v) is 8.49. The highest BCUT2D eigenvalue weighted by molar-refractivity contribution is 7.07. The summed E-state index contributed by atoms with van der Waals surface area (Å²) in [5.74, 6) is 1.35. The highest BCUT2D eigenvalue weighted by Gasteiger charge is 2.43. The van der Waals surface area contributed by atoms with E-state index in [2.05, 4.69) is 27.5 Å². The van der Waals surface area contributed by atoms with Crippen LogP contribution in [0.15, 0.2) is 10.9 Å². The van der Waals surface area contributed by atoms with Gasteiger partial charge in [0.25, 0.3) is 0 Å². The Morgan fingerprint density at radius 2 is 2.35 bits per heavy atom. The van der Waals surface area contributed by atoms with Crippen molar-refractivity contribution in [2.75, 3.05) is 7.05 Å². The molecule has 1 aromatic rings. The fraction of sp³-hybridized carbons (Fsp3) is 0.733. The first-order valence-electron chi connectivity index (χ1n) is 7.55. The first kappa shape index (κ1) is 14.0. The second-order valence-electron chi connectivity index (χ2n) is 6.18. The molecule has 0 spiro atoms. The summed E-state index contributed by atoms with van der Waals surface area (Å²) in [5.41, 5.74) is 2.88. The van der Waals surface area contributed by atoms with Gasteiger partial charge in [-0.15, -0.1) is 11.3 Å². The molecule has 4 atom stereocenters. The van der Waals surface area contributed by atoms with Crippen LogP contribution in [0.4, 0.5) is 0 Å². The third-order valence-corrected chi connectivity index (χ3v) is 5.57. The van der Waals surface area contributed by atoms with Crippen molar-refractivity contribution in [3.63, 3.8) is 0 Å². The molecule has 1 saturated heterocycles. The molecule has 1 N–H and O–H groups in total. The molecule has 20 heavy (non-hydrogen) atoms. The Labute approximate surface area is 124 Å². The van der Waals surface area contributed by atoms with E-state index in [0.717, 1.165) is 18.5 Å². The first-order chi connectivity index (χ1) is 9.70. The lowest BCUT2D eigenvalue weighted by Gasteiger charge is -2.31. The van der Waals surface area contributed by atoms with Crippen LogP contribution in [-0.2, 0) is 11.3 Å². The fourth-order valence-electron chi connectivity index (χ4n) is 3.99. The molecule has 2 aliphatic rings. The zero-order valence-electron chi connectivity index (χ0n) is 12.2. The zero-order chi connectivity index (χ0) is 14.1. The number of nitrogens with zero attached hydrogens (tertiary/aromatic N) is 2. The summed E-state index contributed by atoms with van der Waals surface area (Å²) in [6.45, 7) is 2.88. The standard InChI is InChI=1S/C15H23N3OS/c1-10-6-11-4-3-5-13(11)18(15(19)14(10)16-2)7-12-8-20-9-17-12/h8-11,13-14,16H,3-7H2,1-2H3. The van der Waals surface area contributed by atoms with Gasteiger partial charge in [-0.25, -0.2) is 4.98 Å². The summed E-state index contributed by atoms with van der Waals surface area (Å²) in [4.78, 5) is 19.4. The van der Waals surface area contributed by atoms with Crippen LogP contribution in [0.2, 0.25) is 0 Å². The van der Waals surface area contributed by atoms with Crippen LogP contribution in [0.1, 0.15) is 38.3 Å². The quantitative estimate of drug-likeness (QED) is 0.930. The van der Waals surface area contributed by atoms with E-state index in [1.165, 1.54) is 12.8 Å². The van der Waals surface area contributed by atoms with Crippen molar-refractivity contribution >= 4 is 17.2 Å². The van der Waals surface area contributed by atoms with Crippen molar-refractivity contribution < 1.29 is 4.79 Å². The van der Waals surface area contributed by atoms with E-state index in [1.54, 1.807) is 11.3 Å². The third-order valence-electron chi connectivity index (χ3n) is 4.94. The molecule has 1 aliphatic carbocycles. The van der Waals surface area contributed by atoms with E-state index in [-0.39, 0.29) is 11.9 Å². The Kier molecular flexibility index (Phi) is 4.08. The number of carbonyl (C=O) groups excluding carboxylic acids is 1. The van der Waals surface area contributed by atoms with Gasteiger partial charge in [0.15, 0.2) is 0 Å². The molecule has 0 bridgehead atoms. The number of rotatable bonds is 3. The topological polar surface area (TPSA) is 45.2 Å². The van der Waals surface area contributed by atoms with Crippen molar-refractivity contribution in [3.8, 4) is 0 Å². The molecule has 1 aromatic heterocycles. The number of aromatic nitrogens is 1. The highest BCUT2D eigenvalue weighted by Crippen LogP contribution is 2.39. The summed E-state index contributed by atoms with van der Waals surface area (Å²) in [5, 5.41) is 5.29. The Balaban J connectivity index is 1.87. The maximum atomic E-state index is 12.9. The number of thiazole rings is 1. The van der Waals surface area contributed by atoms with E-state index in [9.17, 15) is 4.79 Å². The van der Waals surface area contributed by atoms with Gasteiger partial charge in [0, 0.05) is 11.4 Å². The number of hydrogen-bond donors (Lipinski definition) is 1. The molecule has 3 rings (SSSR count). The predicted molar refractivity (Wildman–Crippen MR) is 80.4 cm³/mol.